The second-order valence-corrected chi connectivity index (χ2v) is 6.19. The number of ether oxygens (including phenoxy) is 2. The van der Waals surface area contributed by atoms with E-state index in [1.807, 2.05) is 34.7 Å². The molecule has 0 saturated heterocycles. The number of carbonyl (C=O) groups is 2. The first-order chi connectivity index (χ1) is 10.5. The summed E-state index contributed by atoms with van der Waals surface area (Å²) in [6, 6.07) is 3.72. The number of ketones is 1. The smallest absolute Gasteiger partial charge is 0.217 e. The molecule has 0 aliphatic heterocycles. The second kappa shape index (κ2) is 6.85. The minimum absolute atomic E-state index is 0.0406. The van der Waals surface area contributed by atoms with Crippen LogP contribution in [0.1, 0.15) is 24.5 Å². The summed E-state index contributed by atoms with van der Waals surface area (Å²) in [6.45, 7) is 1.44. The molecule has 1 unspecified atom stereocenters. The third kappa shape index (κ3) is 3.06. The van der Waals surface area contributed by atoms with E-state index in [1.165, 1.54) is 6.92 Å². The van der Waals surface area contributed by atoms with Crippen LogP contribution in [-0.4, -0.2) is 35.9 Å². The van der Waals surface area contributed by atoms with Crippen LogP contribution in [0, 0.1) is 0 Å². The lowest BCUT2D eigenvalue weighted by Gasteiger charge is -2.38. The molecule has 2 rings (SSSR count). The van der Waals surface area contributed by atoms with Crippen molar-refractivity contribution in [3.63, 3.8) is 0 Å². The molecule has 0 fully saturated rings. The van der Waals surface area contributed by atoms with Crippen molar-refractivity contribution in [2.24, 2.45) is 0 Å². The van der Waals surface area contributed by atoms with Gasteiger partial charge in [0.2, 0.25) is 5.91 Å². The number of carbonyl (C=O) groups excluding carboxylic acids is 2. The van der Waals surface area contributed by atoms with E-state index in [0.29, 0.717) is 23.7 Å². The van der Waals surface area contributed by atoms with E-state index >= 15 is 0 Å². The molecule has 0 aromatic heterocycles. The average molecular weight is 417 g/mol. The molecule has 1 aliphatic rings. The summed E-state index contributed by atoms with van der Waals surface area (Å²) in [4.78, 5) is 24.1. The number of amides is 1. The summed E-state index contributed by atoms with van der Waals surface area (Å²) in [6.07, 6.45) is 1.67. The molecule has 0 saturated carbocycles. The number of benzene rings is 1. The zero-order valence-corrected chi connectivity index (χ0v) is 15.2. The van der Waals surface area contributed by atoms with Crippen molar-refractivity contribution < 1.29 is 19.1 Å². The summed E-state index contributed by atoms with van der Waals surface area (Å²) in [5, 5.41) is 2.89. The van der Waals surface area contributed by atoms with Crippen molar-refractivity contribution in [1.29, 1.82) is 0 Å². The lowest BCUT2D eigenvalue weighted by molar-refractivity contribution is -0.130. The number of nitrogens with one attached hydrogen (secondary N) is 1. The third-order valence-corrected chi connectivity index (χ3v) is 4.83. The number of Topliss-reactive ketones (excluding diaryl/α,β-unsaturated/α-hetero) is 1. The van der Waals surface area contributed by atoms with Gasteiger partial charge in [-0.2, -0.15) is 0 Å². The molecule has 0 heterocycles. The Morgan fingerprint density at radius 1 is 1.23 bits per heavy atom. The SMILES string of the molecule is COc1ccc(OC)c2c1CCC(NC(C)=O)(C(=O)CI)C2. The number of hydrogen-bond acceptors (Lipinski definition) is 4. The topological polar surface area (TPSA) is 64.6 Å². The quantitative estimate of drug-likeness (QED) is 0.589. The fraction of sp³-hybridized carbons (Fsp3) is 0.500. The molecular weight excluding hydrogens is 397 g/mol. The summed E-state index contributed by atoms with van der Waals surface area (Å²) in [5.74, 6) is 1.38. The van der Waals surface area contributed by atoms with Crippen LogP contribution < -0.4 is 14.8 Å². The van der Waals surface area contributed by atoms with Gasteiger partial charge in [0.1, 0.15) is 17.0 Å². The van der Waals surface area contributed by atoms with Crippen LogP contribution in [0.5, 0.6) is 11.5 Å². The molecule has 120 valence electrons. The van der Waals surface area contributed by atoms with Crippen LogP contribution in [0.4, 0.5) is 0 Å². The molecule has 0 bridgehead atoms. The Hall–Kier alpha value is -1.31. The summed E-state index contributed by atoms with van der Waals surface area (Å²) >= 11 is 2.05. The van der Waals surface area contributed by atoms with E-state index in [0.717, 1.165) is 22.6 Å². The lowest BCUT2D eigenvalue weighted by Crippen LogP contribution is -2.57. The highest BCUT2D eigenvalue weighted by Crippen LogP contribution is 2.40. The molecule has 22 heavy (non-hydrogen) atoms. The minimum Gasteiger partial charge on any atom is -0.496 e. The van der Waals surface area contributed by atoms with Crippen LogP contribution in [0.3, 0.4) is 0 Å². The highest BCUT2D eigenvalue weighted by molar-refractivity contribution is 14.1. The van der Waals surface area contributed by atoms with Gasteiger partial charge < -0.3 is 14.8 Å². The normalized spacial score (nSPS) is 20.0. The van der Waals surface area contributed by atoms with Crippen LogP contribution in [0.25, 0.3) is 0 Å². The van der Waals surface area contributed by atoms with Gasteiger partial charge in [0, 0.05) is 24.5 Å². The minimum atomic E-state index is -0.848. The first kappa shape index (κ1) is 17.1. The third-order valence-electron chi connectivity index (χ3n) is 4.14. The van der Waals surface area contributed by atoms with Crippen molar-refractivity contribution in [2.45, 2.75) is 31.7 Å². The summed E-state index contributed by atoms with van der Waals surface area (Å²) in [7, 11) is 3.24. The van der Waals surface area contributed by atoms with Gasteiger partial charge in [0.25, 0.3) is 0 Å². The van der Waals surface area contributed by atoms with Gasteiger partial charge in [0.05, 0.1) is 18.6 Å². The molecular formula is C16H20INO4. The Kier molecular flexibility index (Phi) is 5.31. The van der Waals surface area contributed by atoms with Crippen molar-refractivity contribution in [1.82, 2.24) is 5.32 Å². The molecule has 1 aliphatic carbocycles. The second-order valence-electron chi connectivity index (χ2n) is 5.42. The van der Waals surface area contributed by atoms with E-state index in [9.17, 15) is 9.59 Å². The fourth-order valence-corrected chi connectivity index (χ4v) is 3.84. The maximum absolute atomic E-state index is 12.5. The van der Waals surface area contributed by atoms with Crippen molar-refractivity contribution >= 4 is 34.3 Å². The van der Waals surface area contributed by atoms with Gasteiger partial charge in [-0.05, 0) is 25.0 Å². The zero-order chi connectivity index (χ0) is 16.3. The van der Waals surface area contributed by atoms with Crippen LogP contribution in [0.15, 0.2) is 12.1 Å². The maximum atomic E-state index is 12.5. The van der Waals surface area contributed by atoms with Gasteiger partial charge in [-0.1, -0.05) is 22.6 Å². The number of fused-ring (bicyclic) bond motifs is 1. The predicted molar refractivity (Wildman–Crippen MR) is 92.0 cm³/mol. The van der Waals surface area contributed by atoms with E-state index in [1.54, 1.807) is 14.2 Å². The Morgan fingerprint density at radius 3 is 2.32 bits per heavy atom. The number of hydrogen-bond donors (Lipinski definition) is 1. The molecule has 1 amide bonds. The number of alkyl halides is 1. The van der Waals surface area contributed by atoms with Gasteiger partial charge in [-0.3, -0.25) is 9.59 Å². The molecule has 0 radical (unpaired) electrons. The van der Waals surface area contributed by atoms with Crippen molar-refractivity contribution in [3.05, 3.63) is 23.3 Å². The highest BCUT2D eigenvalue weighted by Gasteiger charge is 2.42. The van der Waals surface area contributed by atoms with E-state index in [-0.39, 0.29) is 11.7 Å². The Morgan fingerprint density at radius 2 is 1.82 bits per heavy atom. The summed E-state index contributed by atoms with van der Waals surface area (Å²) < 4.78 is 11.2. The predicted octanol–water partition coefficient (Wildman–Crippen LogP) is 2.07. The highest BCUT2D eigenvalue weighted by atomic mass is 127. The number of methoxy groups -OCH3 is 2. The monoisotopic (exact) mass is 417 g/mol. The fourth-order valence-electron chi connectivity index (χ4n) is 3.11. The Bertz CT molecular complexity index is 602. The molecule has 1 aromatic rings. The zero-order valence-electron chi connectivity index (χ0n) is 13.0. The molecule has 5 nitrogen and oxygen atoms in total. The number of halogens is 1. The van der Waals surface area contributed by atoms with Crippen molar-refractivity contribution in [3.8, 4) is 11.5 Å². The number of rotatable bonds is 5. The van der Waals surface area contributed by atoms with Crippen LogP contribution in [0.2, 0.25) is 0 Å². The first-order valence-corrected chi connectivity index (χ1v) is 8.60. The summed E-state index contributed by atoms with van der Waals surface area (Å²) in [5.41, 5.74) is 1.16. The van der Waals surface area contributed by atoms with Gasteiger partial charge in [-0.15, -0.1) is 0 Å². The lowest BCUT2D eigenvalue weighted by atomic mass is 9.75. The van der Waals surface area contributed by atoms with Crippen molar-refractivity contribution in [2.75, 3.05) is 18.6 Å². The van der Waals surface area contributed by atoms with E-state index < -0.39 is 5.54 Å². The van der Waals surface area contributed by atoms with Crippen LogP contribution in [-0.2, 0) is 22.4 Å². The van der Waals surface area contributed by atoms with Gasteiger partial charge in [-0.25, -0.2) is 0 Å². The van der Waals surface area contributed by atoms with Gasteiger partial charge >= 0.3 is 0 Å². The van der Waals surface area contributed by atoms with Gasteiger partial charge in [0.15, 0.2) is 5.78 Å². The molecule has 0 spiro atoms. The first-order valence-electron chi connectivity index (χ1n) is 7.08. The Labute approximate surface area is 143 Å². The van der Waals surface area contributed by atoms with Crippen LogP contribution >= 0.6 is 22.6 Å². The maximum Gasteiger partial charge on any atom is 0.217 e. The van der Waals surface area contributed by atoms with E-state index in [2.05, 4.69) is 5.32 Å². The molecule has 1 aromatic carbocycles. The standard InChI is InChI=1S/C16H20INO4/c1-10(19)18-16(15(20)9-17)7-6-11-12(8-16)14(22-3)5-4-13(11)21-2/h4-5H,6-9H2,1-3H3,(H,18,19). The molecule has 1 N–H and O–H groups in total. The largest absolute Gasteiger partial charge is 0.496 e. The Balaban J connectivity index is 2.51. The average Bonchev–Trinajstić information content (AvgIpc) is 2.52. The molecule has 1 atom stereocenters. The molecule has 6 heteroatoms. The van der Waals surface area contributed by atoms with E-state index in [4.69, 9.17) is 9.47 Å².